The van der Waals surface area contributed by atoms with Gasteiger partial charge in [0.1, 0.15) is 5.75 Å². The van der Waals surface area contributed by atoms with E-state index in [9.17, 15) is 4.79 Å². The third-order valence-electron chi connectivity index (χ3n) is 3.74. The molecule has 0 atom stereocenters. The highest BCUT2D eigenvalue weighted by Gasteiger charge is 2.07. The lowest BCUT2D eigenvalue weighted by molar-refractivity contribution is -0.137. The zero-order valence-electron chi connectivity index (χ0n) is 13.8. The number of carboxylic acids is 1. The normalized spacial score (nSPS) is 10.8. The lowest BCUT2D eigenvalue weighted by Gasteiger charge is -2.11. The number of aliphatic carboxylic acids is 1. The second-order valence-electron chi connectivity index (χ2n) is 5.87. The zero-order valence-corrected chi connectivity index (χ0v) is 20.3. The topological polar surface area (TPSA) is 46.5 Å². The monoisotopic (exact) mass is 670 g/mol. The fraction of sp³-hybridized carbons (Fsp3) is 0.611. The van der Waals surface area contributed by atoms with Crippen molar-refractivity contribution in [2.24, 2.45) is 0 Å². The van der Waals surface area contributed by atoms with Gasteiger partial charge in [0.25, 0.3) is 0 Å². The summed E-state index contributed by atoms with van der Waals surface area (Å²) in [4.78, 5) is 10.4. The van der Waals surface area contributed by atoms with Crippen molar-refractivity contribution in [3.8, 4) is 5.75 Å². The number of hydrogen-bond acceptors (Lipinski definition) is 2. The predicted molar refractivity (Wildman–Crippen MR) is 124 cm³/mol. The minimum absolute atomic E-state index is 0.318. The fourth-order valence-corrected chi connectivity index (χ4v) is 6.35. The molecule has 1 aromatic rings. The molecular formula is C18H25I3O3. The van der Waals surface area contributed by atoms with Gasteiger partial charge in [-0.15, -0.1) is 0 Å². The molecule has 3 nitrogen and oxygen atoms in total. The molecule has 0 heterocycles. The second kappa shape index (κ2) is 13.8. The van der Waals surface area contributed by atoms with Crippen molar-refractivity contribution in [3.05, 3.63) is 22.8 Å². The average Bonchev–Trinajstić information content (AvgIpc) is 2.50. The van der Waals surface area contributed by atoms with Gasteiger partial charge in [0.15, 0.2) is 0 Å². The molecule has 0 spiro atoms. The Morgan fingerprint density at radius 2 is 1.29 bits per heavy atom. The van der Waals surface area contributed by atoms with E-state index in [0.29, 0.717) is 6.42 Å². The average molecular weight is 670 g/mol. The first kappa shape index (κ1) is 22.7. The Hall–Kier alpha value is 0.680. The number of halogens is 3. The van der Waals surface area contributed by atoms with E-state index in [-0.39, 0.29) is 0 Å². The molecule has 1 aromatic carbocycles. The molecule has 0 saturated heterocycles. The van der Waals surface area contributed by atoms with Gasteiger partial charge in [0.05, 0.1) is 13.7 Å². The fourth-order valence-electron chi connectivity index (χ4n) is 2.46. The van der Waals surface area contributed by atoms with E-state index >= 15 is 0 Å². The van der Waals surface area contributed by atoms with Gasteiger partial charge >= 0.3 is 5.97 Å². The van der Waals surface area contributed by atoms with Crippen LogP contribution in [-0.4, -0.2) is 17.7 Å². The minimum Gasteiger partial charge on any atom is -0.491 e. The van der Waals surface area contributed by atoms with Gasteiger partial charge in [-0.05, 0) is 92.7 Å². The van der Waals surface area contributed by atoms with Crippen molar-refractivity contribution in [3.63, 3.8) is 0 Å². The quantitative estimate of drug-likeness (QED) is 0.184. The van der Waals surface area contributed by atoms with Crippen LogP contribution in [0.25, 0.3) is 0 Å². The van der Waals surface area contributed by atoms with Crippen molar-refractivity contribution >= 4 is 73.7 Å². The third kappa shape index (κ3) is 10.6. The van der Waals surface area contributed by atoms with Crippen LogP contribution in [0.1, 0.15) is 64.2 Å². The van der Waals surface area contributed by atoms with Crippen LogP contribution < -0.4 is 4.74 Å². The Kier molecular flexibility index (Phi) is 13.1. The predicted octanol–water partition coefficient (Wildman–Crippen LogP) is 6.86. The van der Waals surface area contributed by atoms with Crippen LogP contribution >= 0.6 is 67.8 Å². The van der Waals surface area contributed by atoms with Gasteiger partial charge in [-0.3, -0.25) is 4.79 Å². The number of carboxylic acid groups (broad SMARTS) is 1. The first-order valence-corrected chi connectivity index (χ1v) is 11.7. The minimum atomic E-state index is -0.674. The Balaban J connectivity index is 1.97. The molecule has 0 unspecified atom stereocenters. The largest absolute Gasteiger partial charge is 0.491 e. The van der Waals surface area contributed by atoms with E-state index in [1.165, 1.54) is 49.2 Å². The maximum absolute atomic E-state index is 10.4. The summed E-state index contributed by atoms with van der Waals surface area (Å²) in [6.45, 7) is 0.793. The highest BCUT2D eigenvalue weighted by molar-refractivity contribution is 14.1. The van der Waals surface area contributed by atoms with Crippen LogP contribution in [0, 0.1) is 10.7 Å². The summed E-state index contributed by atoms with van der Waals surface area (Å²) in [6, 6.07) is 4.30. The molecule has 24 heavy (non-hydrogen) atoms. The summed E-state index contributed by atoms with van der Waals surface area (Å²) in [5.74, 6) is 0.352. The van der Waals surface area contributed by atoms with E-state index in [0.717, 1.165) is 31.6 Å². The zero-order chi connectivity index (χ0) is 17.8. The van der Waals surface area contributed by atoms with Gasteiger partial charge < -0.3 is 9.84 Å². The molecule has 0 aliphatic rings. The highest BCUT2D eigenvalue weighted by atomic mass is 127. The Bertz CT molecular complexity index is 483. The maximum Gasteiger partial charge on any atom is 0.303 e. The van der Waals surface area contributed by atoms with Gasteiger partial charge in [-0.1, -0.05) is 44.9 Å². The maximum atomic E-state index is 10.4. The van der Waals surface area contributed by atoms with Crippen LogP contribution in [0.2, 0.25) is 0 Å². The lowest BCUT2D eigenvalue weighted by Crippen LogP contribution is -2.01. The van der Waals surface area contributed by atoms with E-state index in [4.69, 9.17) is 9.84 Å². The Labute approximate surface area is 186 Å². The van der Waals surface area contributed by atoms with Crippen molar-refractivity contribution in [1.29, 1.82) is 0 Å². The summed E-state index contributed by atoms with van der Waals surface area (Å²) in [5.41, 5.74) is 0. The molecule has 0 amide bonds. The lowest BCUT2D eigenvalue weighted by atomic mass is 10.1. The standard InChI is InChI=1S/C18H25I3O3/c19-14-12-15(20)18(16(21)13-14)24-11-9-7-5-3-1-2-4-6-8-10-17(22)23/h12-13H,1-11H2,(H,22,23). The molecule has 0 bridgehead atoms. The summed E-state index contributed by atoms with van der Waals surface area (Å²) in [6.07, 6.45) is 10.7. The van der Waals surface area contributed by atoms with Crippen molar-refractivity contribution in [1.82, 2.24) is 0 Å². The molecule has 0 aliphatic heterocycles. The molecule has 0 fully saturated rings. The number of benzene rings is 1. The van der Waals surface area contributed by atoms with Crippen molar-refractivity contribution in [2.45, 2.75) is 64.2 Å². The van der Waals surface area contributed by atoms with Gasteiger partial charge in [-0.2, -0.15) is 0 Å². The molecule has 0 radical (unpaired) electrons. The van der Waals surface area contributed by atoms with Crippen LogP contribution in [0.4, 0.5) is 0 Å². The summed E-state index contributed by atoms with van der Waals surface area (Å²) >= 11 is 7.02. The summed E-state index contributed by atoms with van der Waals surface area (Å²) in [5, 5.41) is 8.56. The molecule has 0 aliphatic carbocycles. The third-order valence-corrected chi connectivity index (χ3v) is 5.97. The first-order chi connectivity index (χ1) is 11.5. The van der Waals surface area contributed by atoms with Gasteiger partial charge in [0, 0.05) is 9.99 Å². The van der Waals surface area contributed by atoms with Crippen LogP contribution in [0.3, 0.4) is 0 Å². The Morgan fingerprint density at radius 3 is 1.79 bits per heavy atom. The SMILES string of the molecule is O=C(O)CCCCCCCCCCCOc1c(I)cc(I)cc1I. The number of hydrogen-bond donors (Lipinski definition) is 1. The van der Waals surface area contributed by atoms with Crippen LogP contribution in [-0.2, 0) is 4.79 Å². The van der Waals surface area contributed by atoms with Crippen molar-refractivity contribution < 1.29 is 14.6 Å². The molecule has 6 heteroatoms. The van der Waals surface area contributed by atoms with Crippen LogP contribution in [0.5, 0.6) is 5.75 Å². The Morgan fingerprint density at radius 1 is 0.833 bits per heavy atom. The van der Waals surface area contributed by atoms with E-state index in [2.05, 4.69) is 79.9 Å². The summed E-state index contributed by atoms with van der Waals surface area (Å²) in [7, 11) is 0. The van der Waals surface area contributed by atoms with Gasteiger partial charge in [0.2, 0.25) is 0 Å². The first-order valence-electron chi connectivity index (χ1n) is 8.50. The van der Waals surface area contributed by atoms with Crippen LogP contribution in [0.15, 0.2) is 12.1 Å². The number of carbonyl (C=O) groups is 1. The smallest absolute Gasteiger partial charge is 0.303 e. The van der Waals surface area contributed by atoms with E-state index < -0.39 is 5.97 Å². The number of rotatable bonds is 13. The molecule has 0 aromatic heterocycles. The molecule has 1 rings (SSSR count). The molecule has 136 valence electrons. The molecule has 1 N–H and O–H groups in total. The second-order valence-corrected chi connectivity index (χ2v) is 9.44. The number of unbranched alkanes of at least 4 members (excludes halogenated alkanes) is 8. The van der Waals surface area contributed by atoms with E-state index in [1.54, 1.807) is 0 Å². The highest BCUT2D eigenvalue weighted by Crippen LogP contribution is 2.29. The van der Waals surface area contributed by atoms with Gasteiger partial charge in [-0.25, -0.2) is 0 Å². The van der Waals surface area contributed by atoms with E-state index in [1.807, 2.05) is 0 Å². The van der Waals surface area contributed by atoms with Crippen molar-refractivity contribution in [2.75, 3.05) is 6.61 Å². The summed E-state index contributed by atoms with van der Waals surface area (Å²) < 4.78 is 9.57. The molecular weight excluding hydrogens is 645 g/mol. The molecule has 0 saturated carbocycles. The number of ether oxygens (including phenoxy) is 1.